The van der Waals surface area contributed by atoms with Gasteiger partial charge in [0.25, 0.3) is 10.0 Å². The van der Waals surface area contributed by atoms with Crippen molar-refractivity contribution in [3.05, 3.63) is 17.5 Å². The largest absolute Gasteiger partial charge is 0.348 e. The Morgan fingerprint density at radius 1 is 1.43 bits per heavy atom. The predicted molar refractivity (Wildman–Crippen MR) is 84.5 cm³/mol. The van der Waals surface area contributed by atoms with Crippen molar-refractivity contribution >= 4 is 27.3 Å². The van der Waals surface area contributed by atoms with Gasteiger partial charge in [0.15, 0.2) is 0 Å². The zero-order chi connectivity index (χ0) is 16.3. The zero-order valence-electron chi connectivity index (χ0n) is 12.7. The highest BCUT2D eigenvalue weighted by atomic mass is 32.2. The van der Waals surface area contributed by atoms with Crippen molar-refractivity contribution in [2.45, 2.75) is 43.5 Å². The minimum absolute atomic E-state index is 0.132. The summed E-state index contributed by atoms with van der Waals surface area (Å²) in [5, 5.41) is 4.49. The van der Waals surface area contributed by atoms with Crippen molar-refractivity contribution in [2.24, 2.45) is 11.7 Å². The molecule has 1 amide bonds. The molecule has 0 saturated heterocycles. The Labute approximate surface area is 130 Å². The van der Waals surface area contributed by atoms with Crippen LogP contribution in [0, 0.1) is 5.92 Å². The molecule has 0 aromatic carbocycles. The standard InChI is InChI=1S/C13H23N3O3S2/c1-9(2)13(4,8-14)15-12(17)10(3)16-21(18,19)11-6-5-7-20-11/h5-7,9-10,16H,8,14H2,1-4H3,(H,15,17). The molecular formula is C13H23N3O3S2. The van der Waals surface area contributed by atoms with Gasteiger partial charge in [0.05, 0.1) is 11.6 Å². The quantitative estimate of drug-likeness (QED) is 0.690. The second-order valence-electron chi connectivity index (χ2n) is 5.54. The topological polar surface area (TPSA) is 101 Å². The van der Waals surface area contributed by atoms with Crippen molar-refractivity contribution in [3.63, 3.8) is 0 Å². The Morgan fingerprint density at radius 2 is 2.05 bits per heavy atom. The summed E-state index contributed by atoms with van der Waals surface area (Å²) < 4.78 is 26.7. The van der Waals surface area contributed by atoms with Crippen LogP contribution < -0.4 is 15.8 Å². The number of hydrogen-bond acceptors (Lipinski definition) is 5. The first kappa shape index (κ1) is 18.1. The number of sulfonamides is 1. The van der Waals surface area contributed by atoms with E-state index in [1.54, 1.807) is 11.4 Å². The molecule has 2 unspecified atom stereocenters. The molecule has 1 aromatic rings. The van der Waals surface area contributed by atoms with E-state index in [0.717, 1.165) is 11.3 Å². The molecule has 1 rings (SSSR count). The summed E-state index contributed by atoms with van der Waals surface area (Å²) in [6.07, 6.45) is 0. The third-order valence-corrected chi connectivity index (χ3v) is 6.53. The first-order valence-corrected chi connectivity index (χ1v) is 9.06. The lowest BCUT2D eigenvalue weighted by molar-refractivity contribution is -0.124. The minimum atomic E-state index is -3.67. The van der Waals surface area contributed by atoms with Gasteiger partial charge in [-0.05, 0) is 31.2 Å². The maximum atomic E-state index is 12.2. The molecule has 21 heavy (non-hydrogen) atoms. The Hall–Kier alpha value is -0.960. The van der Waals surface area contributed by atoms with Gasteiger partial charge in [-0.1, -0.05) is 19.9 Å². The average molecular weight is 333 g/mol. The fourth-order valence-corrected chi connectivity index (χ4v) is 3.79. The highest BCUT2D eigenvalue weighted by Gasteiger charge is 2.31. The normalized spacial score (nSPS) is 16.5. The summed E-state index contributed by atoms with van der Waals surface area (Å²) in [5.74, 6) is -0.260. The maximum Gasteiger partial charge on any atom is 0.250 e. The number of nitrogens with one attached hydrogen (secondary N) is 2. The van der Waals surface area contributed by atoms with Crippen molar-refractivity contribution in [1.29, 1.82) is 0 Å². The Bertz CT molecular complexity index is 569. The second-order valence-corrected chi connectivity index (χ2v) is 8.43. The number of carbonyl (C=O) groups excluding carboxylic acids is 1. The van der Waals surface area contributed by atoms with Gasteiger partial charge in [-0.25, -0.2) is 8.42 Å². The molecule has 0 bridgehead atoms. The molecule has 0 spiro atoms. The first-order chi connectivity index (χ1) is 9.62. The van der Waals surface area contributed by atoms with E-state index in [1.807, 2.05) is 20.8 Å². The fourth-order valence-electron chi connectivity index (χ4n) is 1.58. The molecule has 0 saturated carbocycles. The molecule has 4 N–H and O–H groups in total. The lowest BCUT2D eigenvalue weighted by atomic mass is 9.88. The van der Waals surface area contributed by atoms with Gasteiger partial charge in [-0.2, -0.15) is 4.72 Å². The summed E-state index contributed by atoms with van der Waals surface area (Å²) in [6, 6.07) is 2.27. The fraction of sp³-hybridized carbons (Fsp3) is 0.615. The second kappa shape index (κ2) is 6.87. The van der Waals surface area contributed by atoms with E-state index >= 15 is 0 Å². The van der Waals surface area contributed by atoms with Crippen LogP contribution >= 0.6 is 11.3 Å². The van der Waals surface area contributed by atoms with Crippen LogP contribution in [0.1, 0.15) is 27.7 Å². The minimum Gasteiger partial charge on any atom is -0.348 e. The van der Waals surface area contributed by atoms with E-state index in [-0.39, 0.29) is 16.7 Å². The van der Waals surface area contributed by atoms with Crippen molar-refractivity contribution < 1.29 is 13.2 Å². The molecule has 6 nitrogen and oxygen atoms in total. The van der Waals surface area contributed by atoms with Crippen LogP contribution in [0.25, 0.3) is 0 Å². The SMILES string of the molecule is CC(NS(=O)(=O)c1cccs1)C(=O)NC(C)(CN)C(C)C. The van der Waals surface area contributed by atoms with Crippen LogP contribution in [0.5, 0.6) is 0 Å². The zero-order valence-corrected chi connectivity index (χ0v) is 14.3. The maximum absolute atomic E-state index is 12.2. The van der Waals surface area contributed by atoms with Crippen molar-refractivity contribution in [1.82, 2.24) is 10.0 Å². The van der Waals surface area contributed by atoms with Gasteiger partial charge < -0.3 is 11.1 Å². The summed E-state index contributed by atoms with van der Waals surface area (Å²) in [6.45, 7) is 7.54. The van der Waals surface area contributed by atoms with E-state index in [1.165, 1.54) is 13.0 Å². The van der Waals surface area contributed by atoms with Gasteiger partial charge >= 0.3 is 0 Å². The van der Waals surface area contributed by atoms with Crippen LogP contribution in [-0.2, 0) is 14.8 Å². The molecule has 1 heterocycles. The van der Waals surface area contributed by atoms with Crippen LogP contribution in [0.2, 0.25) is 0 Å². The summed E-state index contributed by atoms with van der Waals surface area (Å²) >= 11 is 1.10. The van der Waals surface area contributed by atoms with E-state index in [0.29, 0.717) is 0 Å². The number of thiophene rings is 1. The molecule has 0 aliphatic heterocycles. The Kier molecular flexibility index (Phi) is 5.92. The molecule has 2 atom stereocenters. The molecule has 1 aromatic heterocycles. The Morgan fingerprint density at radius 3 is 2.48 bits per heavy atom. The number of carbonyl (C=O) groups is 1. The van der Waals surface area contributed by atoms with Crippen LogP contribution in [-0.4, -0.2) is 32.5 Å². The van der Waals surface area contributed by atoms with Crippen LogP contribution in [0.3, 0.4) is 0 Å². The smallest absolute Gasteiger partial charge is 0.250 e. The van der Waals surface area contributed by atoms with Gasteiger partial charge in [0.1, 0.15) is 4.21 Å². The predicted octanol–water partition coefficient (Wildman–Crippen LogP) is 0.905. The highest BCUT2D eigenvalue weighted by molar-refractivity contribution is 7.91. The van der Waals surface area contributed by atoms with Crippen LogP contribution in [0.15, 0.2) is 21.7 Å². The van der Waals surface area contributed by atoms with Gasteiger partial charge in [0.2, 0.25) is 5.91 Å². The molecule has 0 aliphatic carbocycles. The number of rotatable bonds is 7. The monoisotopic (exact) mass is 333 g/mol. The molecule has 0 aliphatic rings. The highest BCUT2D eigenvalue weighted by Crippen LogP contribution is 2.17. The van der Waals surface area contributed by atoms with Crippen molar-refractivity contribution in [3.8, 4) is 0 Å². The lowest BCUT2D eigenvalue weighted by Gasteiger charge is -2.34. The van der Waals surface area contributed by atoms with E-state index in [4.69, 9.17) is 5.73 Å². The third kappa shape index (κ3) is 4.50. The lowest BCUT2D eigenvalue weighted by Crippen LogP contribution is -2.59. The first-order valence-electron chi connectivity index (χ1n) is 6.70. The molecule has 0 radical (unpaired) electrons. The summed E-state index contributed by atoms with van der Waals surface area (Å²) in [5.41, 5.74) is 5.14. The van der Waals surface area contributed by atoms with Gasteiger partial charge in [0, 0.05) is 6.54 Å². The summed E-state index contributed by atoms with van der Waals surface area (Å²) in [7, 11) is -3.67. The van der Waals surface area contributed by atoms with Crippen LogP contribution in [0.4, 0.5) is 0 Å². The molecule has 8 heteroatoms. The average Bonchev–Trinajstić information content (AvgIpc) is 2.92. The molecule has 0 fully saturated rings. The molecule has 120 valence electrons. The number of nitrogens with two attached hydrogens (primary N) is 1. The number of hydrogen-bond donors (Lipinski definition) is 3. The number of amides is 1. The summed E-state index contributed by atoms with van der Waals surface area (Å²) in [4.78, 5) is 12.2. The van der Waals surface area contributed by atoms with E-state index in [2.05, 4.69) is 10.0 Å². The molecular weight excluding hydrogens is 310 g/mol. The van der Waals surface area contributed by atoms with Gasteiger partial charge in [-0.3, -0.25) is 4.79 Å². The van der Waals surface area contributed by atoms with E-state index < -0.39 is 27.5 Å². The van der Waals surface area contributed by atoms with Crippen molar-refractivity contribution in [2.75, 3.05) is 6.54 Å². The Balaban J connectivity index is 2.76. The van der Waals surface area contributed by atoms with E-state index in [9.17, 15) is 13.2 Å². The van der Waals surface area contributed by atoms with Gasteiger partial charge in [-0.15, -0.1) is 11.3 Å². The third-order valence-electron chi connectivity index (χ3n) is 3.59.